The van der Waals surface area contributed by atoms with E-state index < -0.39 is 0 Å². The Morgan fingerprint density at radius 2 is 2.25 bits per heavy atom. The summed E-state index contributed by atoms with van der Waals surface area (Å²) in [6.45, 7) is 7.74. The largest absolute Gasteiger partial charge is 0.198 e. The molecule has 0 spiro atoms. The van der Waals surface area contributed by atoms with Crippen LogP contribution in [0.4, 0.5) is 0 Å². The van der Waals surface area contributed by atoms with Crippen molar-refractivity contribution in [3.05, 3.63) is 6.92 Å². The van der Waals surface area contributed by atoms with Crippen molar-refractivity contribution in [2.24, 2.45) is 11.8 Å². The first-order valence-corrected chi connectivity index (χ1v) is 2.95. The smallest absolute Gasteiger partial charge is 0.0658 e. The summed E-state index contributed by atoms with van der Waals surface area (Å²) in [7, 11) is 0. The minimum absolute atomic E-state index is 0.148. The lowest BCUT2D eigenvalue weighted by Crippen LogP contribution is -2.03. The third-order valence-electron chi connectivity index (χ3n) is 1.29. The van der Waals surface area contributed by atoms with Crippen LogP contribution in [0.2, 0.25) is 0 Å². The summed E-state index contributed by atoms with van der Waals surface area (Å²) >= 11 is 0. The van der Waals surface area contributed by atoms with E-state index in [0.717, 1.165) is 6.42 Å². The third kappa shape index (κ3) is 1.97. The zero-order chi connectivity index (χ0) is 6.57. The zero-order valence-corrected chi connectivity index (χ0v) is 5.52. The normalized spacial score (nSPS) is 13.4. The second-order valence-electron chi connectivity index (χ2n) is 2.12. The first kappa shape index (κ1) is 7.49. The van der Waals surface area contributed by atoms with Gasteiger partial charge in [0.05, 0.1) is 6.07 Å². The first-order chi connectivity index (χ1) is 3.72. The standard InChI is InChI=1S/C7H12N/c1-4-7(5-8)6(2)3/h6-7H,2,4H2,1,3H3. The second kappa shape index (κ2) is 3.49. The monoisotopic (exact) mass is 110 g/mol. The van der Waals surface area contributed by atoms with E-state index in [1.165, 1.54) is 0 Å². The maximum Gasteiger partial charge on any atom is 0.0658 e. The molecule has 0 fully saturated rings. The molecule has 2 unspecified atom stereocenters. The highest BCUT2D eigenvalue weighted by Crippen LogP contribution is 2.11. The van der Waals surface area contributed by atoms with Crippen molar-refractivity contribution in [3.8, 4) is 6.07 Å². The van der Waals surface area contributed by atoms with Crippen LogP contribution in [0.15, 0.2) is 0 Å². The van der Waals surface area contributed by atoms with E-state index in [4.69, 9.17) is 5.26 Å². The van der Waals surface area contributed by atoms with Crippen LogP contribution in [0.1, 0.15) is 20.3 Å². The predicted molar refractivity (Wildman–Crippen MR) is 33.9 cm³/mol. The molecular formula is C7H12N. The molecule has 1 heteroatoms. The number of hydrogen-bond donors (Lipinski definition) is 0. The Morgan fingerprint density at radius 3 is 2.25 bits per heavy atom. The Bertz CT molecular complexity index is 89.1. The van der Waals surface area contributed by atoms with Gasteiger partial charge in [0.15, 0.2) is 0 Å². The van der Waals surface area contributed by atoms with Crippen molar-refractivity contribution >= 4 is 0 Å². The summed E-state index contributed by atoms with van der Waals surface area (Å²) < 4.78 is 0. The summed E-state index contributed by atoms with van der Waals surface area (Å²) in [5.41, 5.74) is 0. The molecular weight excluding hydrogens is 98.1 g/mol. The van der Waals surface area contributed by atoms with Crippen LogP contribution in [-0.4, -0.2) is 0 Å². The van der Waals surface area contributed by atoms with Crippen molar-refractivity contribution in [2.45, 2.75) is 20.3 Å². The van der Waals surface area contributed by atoms with E-state index >= 15 is 0 Å². The lowest BCUT2D eigenvalue weighted by atomic mass is 9.95. The Kier molecular flexibility index (Phi) is 3.26. The van der Waals surface area contributed by atoms with Gasteiger partial charge in [0, 0.05) is 5.92 Å². The van der Waals surface area contributed by atoms with Gasteiger partial charge in [-0.15, -0.1) is 0 Å². The molecule has 45 valence electrons. The van der Waals surface area contributed by atoms with Crippen molar-refractivity contribution in [3.63, 3.8) is 0 Å². The van der Waals surface area contributed by atoms with E-state index in [0.29, 0.717) is 0 Å². The van der Waals surface area contributed by atoms with Gasteiger partial charge in [-0.25, -0.2) is 0 Å². The molecule has 0 aromatic rings. The van der Waals surface area contributed by atoms with Crippen LogP contribution in [0.25, 0.3) is 0 Å². The Morgan fingerprint density at radius 1 is 1.75 bits per heavy atom. The SMILES string of the molecule is [CH2]C(C)C(C#N)CC. The molecule has 0 bridgehead atoms. The molecule has 0 saturated heterocycles. The average molecular weight is 110 g/mol. The van der Waals surface area contributed by atoms with Gasteiger partial charge < -0.3 is 0 Å². The maximum atomic E-state index is 8.41. The fourth-order valence-electron chi connectivity index (χ4n) is 0.621. The predicted octanol–water partition coefficient (Wildman–Crippen LogP) is 2.01. The van der Waals surface area contributed by atoms with Crippen molar-refractivity contribution in [2.75, 3.05) is 0 Å². The molecule has 1 nitrogen and oxygen atoms in total. The molecule has 0 aromatic heterocycles. The average Bonchev–Trinajstić information content (AvgIpc) is 1.69. The Balaban J connectivity index is 3.57. The summed E-state index contributed by atoms with van der Waals surface area (Å²) in [5.74, 6) is 0.417. The number of hydrogen-bond acceptors (Lipinski definition) is 1. The highest BCUT2D eigenvalue weighted by molar-refractivity contribution is 4.85. The van der Waals surface area contributed by atoms with Crippen molar-refractivity contribution in [1.29, 1.82) is 5.26 Å². The lowest BCUT2D eigenvalue weighted by molar-refractivity contribution is 0.505. The van der Waals surface area contributed by atoms with Crippen LogP contribution < -0.4 is 0 Å². The minimum atomic E-state index is 0.148. The van der Waals surface area contributed by atoms with Crippen LogP contribution in [0.5, 0.6) is 0 Å². The molecule has 0 aliphatic rings. The minimum Gasteiger partial charge on any atom is -0.198 e. The maximum absolute atomic E-state index is 8.41. The number of nitriles is 1. The van der Waals surface area contributed by atoms with Crippen LogP contribution in [0, 0.1) is 30.1 Å². The van der Waals surface area contributed by atoms with E-state index in [1.807, 2.05) is 13.8 Å². The Labute approximate surface area is 51.3 Å². The summed E-state index contributed by atoms with van der Waals surface area (Å²) in [5, 5.41) is 8.41. The van der Waals surface area contributed by atoms with Crippen LogP contribution >= 0.6 is 0 Å². The van der Waals surface area contributed by atoms with Crippen LogP contribution in [0.3, 0.4) is 0 Å². The molecule has 0 aliphatic heterocycles. The van der Waals surface area contributed by atoms with Gasteiger partial charge in [0.25, 0.3) is 0 Å². The quantitative estimate of drug-likeness (QED) is 0.533. The molecule has 0 N–H and O–H groups in total. The molecule has 0 rings (SSSR count). The zero-order valence-electron chi connectivity index (χ0n) is 5.52. The third-order valence-corrected chi connectivity index (χ3v) is 1.29. The summed E-state index contributed by atoms with van der Waals surface area (Å²) in [6, 6.07) is 2.19. The highest BCUT2D eigenvalue weighted by Gasteiger charge is 2.07. The molecule has 1 radical (unpaired) electrons. The number of nitrogens with zero attached hydrogens (tertiary/aromatic N) is 1. The first-order valence-electron chi connectivity index (χ1n) is 2.95. The lowest BCUT2D eigenvalue weighted by Gasteiger charge is -2.07. The van der Waals surface area contributed by atoms with E-state index in [-0.39, 0.29) is 11.8 Å². The highest BCUT2D eigenvalue weighted by atomic mass is 14.3. The second-order valence-corrected chi connectivity index (χ2v) is 2.12. The van der Waals surface area contributed by atoms with E-state index in [2.05, 4.69) is 13.0 Å². The molecule has 0 aliphatic carbocycles. The van der Waals surface area contributed by atoms with E-state index in [9.17, 15) is 0 Å². The van der Waals surface area contributed by atoms with Gasteiger partial charge in [-0.1, -0.05) is 13.8 Å². The molecule has 0 saturated carbocycles. The van der Waals surface area contributed by atoms with Crippen molar-refractivity contribution < 1.29 is 0 Å². The Hall–Kier alpha value is -0.510. The van der Waals surface area contributed by atoms with Gasteiger partial charge >= 0.3 is 0 Å². The molecule has 8 heavy (non-hydrogen) atoms. The van der Waals surface area contributed by atoms with Gasteiger partial charge in [0.1, 0.15) is 0 Å². The summed E-state index contributed by atoms with van der Waals surface area (Å²) in [6.07, 6.45) is 0.918. The summed E-state index contributed by atoms with van der Waals surface area (Å²) in [4.78, 5) is 0. The van der Waals surface area contributed by atoms with Gasteiger partial charge in [-0.05, 0) is 19.3 Å². The fraction of sp³-hybridized carbons (Fsp3) is 0.714. The molecule has 0 amide bonds. The van der Waals surface area contributed by atoms with Crippen molar-refractivity contribution in [1.82, 2.24) is 0 Å². The molecule has 0 aromatic carbocycles. The van der Waals surface area contributed by atoms with E-state index in [1.54, 1.807) is 0 Å². The molecule has 0 heterocycles. The number of rotatable bonds is 2. The van der Waals surface area contributed by atoms with Crippen LogP contribution in [-0.2, 0) is 0 Å². The topological polar surface area (TPSA) is 23.8 Å². The molecule has 2 atom stereocenters. The van der Waals surface area contributed by atoms with Gasteiger partial charge in [-0.2, -0.15) is 5.26 Å². The fourth-order valence-corrected chi connectivity index (χ4v) is 0.621. The van der Waals surface area contributed by atoms with Gasteiger partial charge in [-0.3, -0.25) is 0 Å². The van der Waals surface area contributed by atoms with Gasteiger partial charge in [0.2, 0.25) is 0 Å².